The lowest BCUT2D eigenvalue weighted by atomic mass is 10.0. The van der Waals surface area contributed by atoms with Gasteiger partial charge < -0.3 is 15.7 Å². The van der Waals surface area contributed by atoms with Crippen molar-refractivity contribution >= 4 is 11.6 Å². The highest BCUT2D eigenvalue weighted by Crippen LogP contribution is 2.17. The summed E-state index contributed by atoms with van der Waals surface area (Å²) >= 11 is 0. The first-order valence-electron chi connectivity index (χ1n) is 8.30. The zero-order valence-electron chi connectivity index (χ0n) is 14.5. The number of hydrogen-bond acceptors (Lipinski definition) is 3. The van der Waals surface area contributed by atoms with Gasteiger partial charge in [-0.15, -0.1) is 0 Å². The van der Waals surface area contributed by atoms with E-state index in [2.05, 4.69) is 10.6 Å². The first-order chi connectivity index (χ1) is 11.5. The molecular formula is C20H26N2O2. The topological polar surface area (TPSA) is 61.4 Å². The molecule has 4 nitrogen and oxygen atoms in total. The van der Waals surface area contributed by atoms with Crippen molar-refractivity contribution in [1.29, 1.82) is 0 Å². The summed E-state index contributed by atoms with van der Waals surface area (Å²) in [5, 5.41) is 16.4. The SMILES string of the molecule is Cc1ccccc1NC(=O)CC(C)NCC(O)c1ccccc1C. The number of anilines is 1. The number of aryl methyl sites for hydroxylation is 2. The van der Waals surface area contributed by atoms with Crippen LogP contribution in [0, 0.1) is 13.8 Å². The maximum Gasteiger partial charge on any atom is 0.225 e. The monoisotopic (exact) mass is 326 g/mol. The van der Waals surface area contributed by atoms with Crippen LogP contribution in [0.25, 0.3) is 0 Å². The van der Waals surface area contributed by atoms with Crippen LogP contribution >= 0.6 is 0 Å². The molecule has 0 saturated heterocycles. The molecule has 0 fully saturated rings. The molecule has 0 aliphatic carbocycles. The Bertz CT molecular complexity index is 685. The summed E-state index contributed by atoms with van der Waals surface area (Å²) in [6.45, 7) is 6.32. The van der Waals surface area contributed by atoms with Crippen molar-refractivity contribution < 1.29 is 9.90 Å². The highest BCUT2D eigenvalue weighted by Gasteiger charge is 2.14. The molecule has 3 N–H and O–H groups in total. The van der Waals surface area contributed by atoms with Crippen molar-refractivity contribution in [3.63, 3.8) is 0 Å². The summed E-state index contributed by atoms with van der Waals surface area (Å²) in [5.74, 6) is -0.0327. The number of hydrogen-bond donors (Lipinski definition) is 3. The largest absolute Gasteiger partial charge is 0.387 e. The molecule has 0 heterocycles. The zero-order chi connectivity index (χ0) is 17.5. The number of para-hydroxylation sites is 1. The van der Waals surface area contributed by atoms with Crippen molar-refractivity contribution in [1.82, 2.24) is 5.32 Å². The van der Waals surface area contributed by atoms with Gasteiger partial charge in [-0.1, -0.05) is 42.5 Å². The molecule has 1 amide bonds. The summed E-state index contributed by atoms with van der Waals surface area (Å²) in [6, 6.07) is 15.5. The molecule has 2 rings (SSSR count). The number of carbonyl (C=O) groups excluding carboxylic acids is 1. The molecule has 24 heavy (non-hydrogen) atoms. The minimum Gasteiger partial charge on any atom is -0.387 e. The second-order valence-electron chi connectivity index (χ2n) is 6.25. The van der Waals surface area contributed by atoms with E-state index in [1.54, 1.807) is 0 Å². The van der Waals surface area contributed by atoms with Crippen molar-refractivity contribution in [2.45, 2.75) is 39.3 Å². The van der Waals surface area contributed by atoms with Gasteiger partial charge in [-0.3, -0.25) is 4.79 Å². The molecule has 2 atom stereocenters. The minimum atomic E-state index is -0.576. The van der Waals surface area contributed by atoms with Crippen LogP contribution in [0.3, 0.4) is 0 Å². The molecule has 128 valence electrons. The molecule has 0 radical (unpaired) electrons. The third kappa shape index (κ3) is 5.18. The van der Waals surface area contributed by atoms with E-state index >= 15 is 0 Å². The van der Waals surface area contributed by atoms with E-state index < -0.39 is 6.10 Å². The van der Waals surface area contributed by atoms with Gasteiger partial charge in [-0.25, -0.2) is 0 Å². The van der Waals surface area contributed by atoms with Gasteiger partial charge >= 0.3 is 0 Å². The summed E-state index contributed by atoms with van der Waals surface area (Å²) < 4.78 is 0. The standard InChI is InChI=1S/C20H26N2O2/c1-14-8-4-6-10-17(14)19(23)13-21-16(3)12-20(24)22-18-11-7-5-9-15(18)2/h4-11,16,19,21,23H,12-13H2,1-3H3,(H,22,24). The zero-order valence-corrected chi connectivity index (χ0v) is 14.5. The average molecular weight is 326 g/mol. The van der Waals surface area contributed by atoms with E-state index in [0.29, 0.717) is 13.0 Å². The van der Waals surface area contributed by atoms with Gasteiger partial charge in [0.25, 0.3) is 0 Å². The number of aliphatic hydroxyl groups excluding tert-OH is 1. The van der Waals surface area contributed by atoms with Crippen LogP contribution in [0.1, 0.15) is 36.1 Å². The van der Waals surface area contributed by atoms with Gasteiger partial charge in [0.2, 0.25) is 5.91 Å². The number of nitrogens with one attached hydrogen (secondary N) is 2. The number of rotatable bonds is 7. The van der Waals surface area contributed by atoms with Crippen LogP contribution in [-0.2, 0) is 4.79 Å². The second-order valence-corrected chi connectivity index (χ2v) is 6.25. The lowest BCUT2D eigenvalue weighted by Crippen LogP contribution is -2.33. The van der Waals surface area contributed by atoms with Crippen molar-refractivity contribution in [2.75, 3.05) is 11.9 Å². The van der Waals surface area contributed by atoms with Crippen molar-refractivity contribution in [3.8, 4) is 0 Å². The summed E-state index contributed by atoms with van der Waals surface area (Å²) in [6.07, 6.45) is -0.220. The molecule has 0 bridgehead atoms. The molecule has 2 unspecified atom stereocenters. The van der Waals surface area contributed by atoms with Crippen LogP contribution in [0.15, 0.2) is 48.5 Å². The lowest BCUT2D eigenvalue weighted by Gasteiger charge is -2.18. The predicted molar refractivity (Wildman–Crippen MR) is 98.0 cm³/mol. The molecule has 4 heteroatoms. The smallest absolute Gasteiger partial charge is 0.225 e. The van der Waals surface area contributed by atoms with E-state index in [1.807, 2.05) is 69.3 Å². The van der Waals surface area contributed by atoms with Crippen molar-refractivity contribution in [2.24, 2.45) is 0 Å². The summed E-state index contributed by atoms with van der Waals surface area (Å²) in [7, 11) is 0. The molecular weight excluding hydrogens is 300 g/mol. The van der Waals surface area contributed by atoms with E-state index in [4.69, 9.17) is 0 Å². The molecule has 2 aromatic rings. The fraction of sp³-hybridized carbons (Fsp3) is 0.350. The van der Waals surface area contributed by atoms with Crippen LogP contribution in [0.2, 0.25) is 0 Å². The Balaban J connectivity index is 1.80. The Morgan fingerprint density at radius 3 is 2.33 bits per heavy atom. The Kier molecular flexibility index (Phi) is 6.53. The number of amides is 1. The van der Waals surface area contributed by atoms with Gasteiger partial charge in [-0.2, -0.15) is 0 Å². The van der Waals surface area contributed by atoms with Crippen LogP contribution in [0.4, 0.5) is 5.69 Å². The Labute approximate surface area is 143 Å². The highest BCUT2D eigenvalue weighted by molar-refractivity contribution is 5.91. The normalized spacial score (nSPS) is 13.3. The first kappa shape index (κ1) is 18.2. The fourth-order valence-corrected chi connectivity index (χ4v) is 2.65. The van der Waals surface area contributed by atoms with Crippen molar-refractivity contribution in [3.05, 3.63) is 65.2 Å². The van der Waals surface area contributed by atoms with Crippen LogP contribution < -0.4 is 10.6 Å². The Hall–Kier alpha value is -2.17. The number of benzene rings is 2. The third-order valence-electron chi connectivity index (χ3n) is 4.12. The van der Waals surface area contributed by atoms with E-state index in [9.17, 15) is 9.90 Å². The first-order valence-corrected chi connectivity index (χ1v) is 8.30. The van der Waals surface area contributed by atoms with Crippen LogP contribution in [0.5, 0.6) is 0 Å². The molecule has 0 spiro atoms. The van der Waals surface area contributed by atoms with Crippen LogP contribution in [-0.4, -0.2) is 23.6 Å². The molecule has 0 saturated carbocycles. The second kappa shape index (κ2) is 8.62. The van der Waals surface area contributed by atoms with Gasteiger partial charge in [0.1, 0.15) is 0 Å². The number of carbonyl (C=O) groups is 1. The summed E-state index contributed by atoms with van der Waals surface area (Å²) in [4.78, 5) is 12.1. The molecule has 0 aliphatic rings. The Morgan fingerprint density at radius 1 is 1.04 bits per heavy atom. The predicted octanol–water partition coefficient (Wildman–Crippen LogP) is 3.34. The van der Waals surface area contributed by atoms with Gasteiger partial charge in [0.15, 0.2) is 0 Å². The Morgan fingerprint density at radius 2 is 1.67 bits per heavy atom. The average Bonchev–Trinajstić information content (AvgIpc) is 2.55. The van der Waals surface area contributed by atoms with E-state index in [0.717, 1.165) is 22.4 Å². The molecule has 0 aromatic heterocycles. The number of aliphatic hydroxyl groups is 1. The van der Waals surface area contributed by atoms with Gasteiger partial charge in [-0.05, 0) is 43.5 Å². The fourth-order valence-electron chi connectivity index (χ4n) is 2.65. The maximum atomic E-state index is 12.1. The molecule has 2 aromatic carbocycles. The minimum absolute atomic E-state index is 0.0207. The highest BCUT2D eigenvalue weighted by atomic mass is 16.3. The van der Waals surface area contributed by atoms with E-state index in [1.165, 1.54) is 0 Å². The van der Waals surface area contributed by atoms with Gasteiger partial charge in [0.05, 0.1) is 6.10 Å². The molecule has 0 aliphatic heterocycles. The lowest BCUT2D eigenvalue weighted by molar-refractivity contribution is -0.116. The maximum absolute atomic E-state index is 12.1. The quantitative estimate of drug-likeness (QED) is 0.731. The summed E-state index contributed by atoms with van der Waals surface area (Å²) in [5.41, 5.74) is 3.87. The third-order valence-corrected chi connectivity index (χ3v) is 4.12. The van der Waals surface area contributed by atoms with Gasteiger partial charge in [0, 0.05) is 24.7 Å². The van der Waals surface area contributed by atoms with E-state index in [-0.39, 0.29) is 11.9 Å².